The first-order valence-corrected chi connectivity index (χ1v) is 9.78. The number of hydrogen-bond donors (Lipinski definition) is 2. The fraction of sp³-hybridized carbons (Fsp3) is 0.762. The smallest absolute Gasteiger partial charge is 0.225 e. The molecule has 0 spiro atoms. The molecule has 0 aromatic heterocycles. The zero-order chi connectivity index (χ0) is 19.1. The van der Waals surface area contributed by atoms with Gasteiger partial charge in [0.2, 0.25) is 11.6 Å². The van der Waals surface area contributed by atoms with E-state index in [1.54, 1.807) is 6.08 Å². The minimum Gasteiger partial charge on any atom is -0.389 e. The molecule has 5 heteroatoms. The standard InChI is InChI=1S/C21H28O5/c1-11(22)21(26)9-6-14-16-13(5-8-20(14,21)3)19(2)7-4-12(23)10-15(19)17(24)18(16)25/h10,12-14,16,23,26H,4-9H2,1-3H3/t12?,13-,14-,16+,19+,20-,21-/m0/s1. The molecule has 26 heavy (non-hydrogen) atoms. The molecule has 0 saturated heterocycles. The molecule has 4 aliphatic rings. The molecule has 4 aliphatic carbocycles. The Kier molecular flexibility index (Phi) is 3.72. The molecule has 0 radical (unpaired) electrons. The minimum absolute atomic E-state index is 0.0406. The van der Waals surface area contributed by atoms with Crippen molar-refractivity contribution in [3.8, 4) is 0 Å². The summed E-state index contributed by atoms with van der Waals surface area (Å²) >= 11 is 0. The highest BCUT2D eigenvalue weighted by molar-refractivity contribution is 6.45. The predicted molar refractivity (Wildman–Crippen MR) is 94.1 cm³/mol. The Labute approximate surface area is 153 Å². The number of Topliss-reactive ketones (excluding diaryl/α,β-unsaturated/α-hetero) is 3. The average Bonchev–Trinajstić information content (AvgIpc) is 2.87. The summed E-state index contributed by atoms with van der Waals surface area (Å²) < 4.78 is 0. The summed E-state index contributed by atoms with van der Waals surface area (Å²) in [6.45, 7) is 5.41. The molecule has 0 heterocycles. The van der Waals surface area contributed by atoms with Gasteiger partial charge in [0.25, 0.3) is 0 Å². The molecule has 7 atom stereocenters. The topological polar surface area (TPSA) is 91.7 Å². The quantitative estimate of drug-likeness (QED) is 0.698. The van der Waals surface area contributed by atoms with Crippen molar-refractivity contribution in [2.75, 3.05) is 0 Å². The van der Waals surface area contributed by atoms with Gasteiger partial charge < -0.3 is 10.2 Å². The van der Waals surface area contributed by atoms with Gasteiger partial charge in [-0.25, -0.2) is 0 Å². The zero-order valence-electron chi connectivity index (χ0n) is 15.7. The number of ketones is 3. The first kappa shape index (κ1) is 18.1. The van der Waals surface area contributed by atoms with Crippen LogP contribution in [0.3, 0.4) is 0 Å². The van der Waals surface area contributed by atoms with Crippen LogP contribution in [0.5, 0.6) is 0 Å². The van der Waals surface area contributed by atoms with Gasteiger partial charge in [-0.1, -0.05) is 13.8 Å². The SMILES string of the molecule is CC(=O)[C@@]1(O)CC[C@H]2[C@@H]3C(=O)C(=O)C4=CC(O)CC[C@]4(C)[C@H]3CC[C@@]21C. The normalized spacial score (nSPS) is 50.6. The van der Waals surface area contributed by atoms with Crippen LogP contribution in [0.4, 0.5) is 0 Å². The summed E-state index contributed by atoms with van der Waals surface area (Å²) in [5.41, 5.74) is -1.95. The lowest BCUT2D eigenvalue weighted by molar-refractivity contribution is -0.167. The number of carbonyl (C=O) groups excluding carboxylic acids is 3. The molecular formula is C21H28O5. The van der Waals surface area contributed by atoms with Crippen LogP contribution in [0.2, 0.25) is 0 Å². The number of rotatable bonds is 1. The first-order valence-electron chi connectivity index (χ1n) is 9.78. The summed E-state index contributed by atoms with van der Waals surface area (Å²) in [5.74, 6) is -1.60. The van der Waals surface area contributed by atoms with Crippen LogP contribution in [-0.2, 0) is 14.4 Å². The molecule has 2 N–H and O–H groups in total. The second-order valence-electron chi connectivity index (χ2n) is 9.45. The third kappa shape index (κ3) is 1.96. The Bertz CT molecular complexity index is 739. The van der Waals surface area contributed by atoms with E-state index in [4.69, 9.17) is 0 Å². The fourth-order valence-electron chi connectivity index (χ4n) is 6.87. The number of allylic oxidation sites excluding steroid dienone is 1. The van der Waals surface area contributed by atoms with Crippen molar-refractivity contribution < 1.29 is 24.6 Å². The molecule has 142 valence electrons. The third-order valence-electron chi connectivity index (χ3n) is 8.53. The molecule has 0 aromatic rings. The summed E-state index contributed by atoms with van der Waals surface area (Å²) in [7, 11) is 0. The number of carbonyl (C=O) groups is 3. The highest BCUT2D eigenvalue weighted by Crippen LogP contribution is 2.66. The van der Waals surface area contributed by atoms with E-state index in [1.165, 1.54) is 6.92 Å². The van der Waals surface area contributed by atoms with Crippen LogP contribution >= 0.6 is 0 Å². The van der Waals surface area contributed by atoms with E-state index >= 15 is 0 Å². The molecule has 0 bridgehead atoms. The van der Waals surface area contributed by atoms with Gasteiger partial charge in [-0.3, -0.25) is 14.4 Å². The third-order valence-corrected chi connectivity index (χ3v) is 8.53. The van der Waals surface area contributed by atoms with Gasteiger partial charge >= 0.3 is 0 Å². The van der Waals surface area contributed by atoms with Crippen LogP contribution < -0.4 is 0 Å². The van der Waals surface area contributed by atoms with Crippen molar-refractivity contribution in [2.24, 2.45) is 28.6 Å². The molecule has 3 fully saturated rings. The van der Waals surface area contributed by atoms with Gasteiger partial charge in [-0.2, -0.15) is 0 Å². The second kappa shape index (κ2) is 5.35. The highest BCUT2D eigenvalue weighted by Gasteiger charge is 2.68. The van der Waals surface area contributed by atoms with Gasteiger partial charge in [-0.15, -0.1) is 0 Å². The maximum absolute atomic E-state index is 13.1. The molecule has 0 amide bonds. The van der Waals surface area contributed by atoms with E-state index in [0.29, 0.717) is 37.7 Å². The molecule has 0 aromatic carbocycles. The first-order chi connectivity index (χ1) is 12.1. The van der Waals surface area contributed by atoms with E-state index in [1.807, 2.05) is 6.92 Å². The highest BCUT2D eigenvalue weighted by atomic mass is 16.3. The Hall–Kier alpha value is -1.33. The largest absolute Gasteiger partial charge is 0.389 e. The predicted octanol–water partition coefficient (Wildman–Crippen LogP) is 1.99. The Balaban J connectivity index is 1.80. The van der Waals surface area contributed by atoms with Crippen LogP contribution in [0, 0.1) is 28.6 Å². The number of hydrogen-bond acceptors (Lipinski definition) is 5. The zero-order valence-corrected chi connectivity index (χ0v) is 15.7. The lowest BCUT2D eigenvalue weighted by Crippen LogP contribution is -2.61. The lowest BCUT2D eigenvalue weighted by Gasteiger charge is -2.57. The summed E-state index contributed by atoms with van der Waals surface area (Å²) in [6.07, 6.45) is 4.60. The molecule has 1 unspecified atom stereocenters. The molecule has 3 saturated carbocycles. The van der Waals surface area contributed by atoms with Crippen molar-refractivity contribution in [1.29, 1.82) is 0 Å². The average molecular weight is 360 g/mol. The van der Waals surface area contributed by atoms with E-state index in [9.17, 15) is 24.6 Å². The second-order valence-corrected chi connectivity index (χ2v) is 9.45. The fourth-order valence-corrected chi connectivity index (χ4v) is 6.87. The van der Waals surface area contributed by atoms with Crippen molar-refractivity contribution >= 4 is 17.3 Å². The Morgan fingerprint density at radius 1 is 1.08 bits per heavy atom. The van der Waals surface area contributed by atoms with E-state index < -0.39 is 34.2 Å². The maximum Gasteiger partial charge on any atom is 0.225 e. The molecule has 5 nitrogen and oxygen atoms in total. The monoisotopic (exact) mass is 360 g/mol. The van der Waals surface area contributed by atoms with Crippen molar-refractivity contribution in [3.05, 3.63) is 11.6 Å². The molecule has 4 rings (SSSR count). The summed E-state index contributed by atoms with van der Waals surface area (Å²) in [6, 6.07) is 0. The van der Waals surface area contributed by atoms with E-state index in [-0.39, 0.29) is 23.4 Å². The number of aliphatic hydroxyl groups is 2. The summed E-state index contributed by atoms with van der Waals surface area (Å²) in [4.78, 5) is 38.2. The van der Waals surface area contributed by atoms with Crippen LogP contribution in [0.1, 0.15) is 59.3 Å². The van der Waals surface area contributed by atoms with Crippen LogP contribution in [-0.4, -0.2) is 39.3 Å². The van der Waals surface area contributed by atoms with Crippen LogP contribution in [0.25, 0.3) is 0 Å². The number of aliphatic hydroxyl groups excluding tert-OH is 1. The minimum atomic E-state index is -1.40. The lowest BCUT2D eigenvalue weighted by atomic mass is 9.45. The van der Waals surface area contributed by atoms with E-state index in [2.05, 4.69) is 6.92 Å². The van der Waals surface area contributed by atoms with E-state index in [0.717, 1.165) is 6.42 Å². The van der Waals surface area contributed by atoms with Gasteiger partial charge in [0.15, 0.2) is 5.78 Å². The Morgan fingerprint density at radius 3 is 2.38 bits per heavy atom. The van der Waals surface area contributed by atoms with Crippen molar-refractivity contribution in [2.45, 2.75) is 71.0 Å². The maximum atomic E-state index is 13.1. The molecular weight excluding hydrogens is 332 g/mol. The van der Waals surface area contributed by atoms with Crippen LogP contribution in [0.15, 0.2) is 11.6 Å². The Morgan fingerprint density at radius 2 is 1.73 bits per heavy atom. The number of fused-ring (bicyclic) bond motifs is 5. The molecule has 0 aliphatic heterocycles. The van der Waals surface area contributed by atoms with Gasteiger partial charge in [0.05, 0.1) is 6.10 Å². The summed E-state index contributed by atoms with van der Waals surface area (Å²) in [5, 5.41) is 21.1. The van der Waals surface area contributed by atoms with Crippen molar-refractivity contribution in [1.82, 2.24) is 0 Å². The van der Waals surface area contributed by atoms with Crippen molar-refractivity contribution in [3.63, 3.8) is 0 Å². The van der Waals surface area contributed by atoms with Gasteiger partial charge in [0, 0.05) is 16.9 Å². The van der Waals surface area contributed by atoms with Gasteiger partial charge in [0.1, 0.15) is 5.60 Å². The van der Waals surface area contributed by atoms with Gasteiger partial charge in [-0.05, 0) is 68.8 Å².